The van der Waals surface area contributed by atoms with E-state index in [4.69, 9.17) is 0 Å². The Kier molecular flexibility index (Phi) is 3.98. The Bertz CT molecular complexity index is 1210. The van der Waals surface area contributed by atoms with Crippen molar-refractivity contribution in [3.8, 4) is 0 Å². The Morgan fingerprint density at radius 2 is 1.67 bits per heavy atom. The van der Waals surface area contributed by atoms with E-state index in [1.165, 1.54) is 53.6 Å². The van der Waals surface area contributed by atoms with Gasteiger partial charge in [0.15, 0.2) is 0 Å². The zero-order valence-electron chi connectivity index (χ0n) is 14.9. The number of fused-ring (bicyclic) bond motifs is 6. The summed E-state index contributed by atoms with van der Waals surface area (Å²) in [4.78, 5) is 7.58. The fourth-order valence-corrected chi connectivity index (χ4v) is 3.95. The van der Waals surface area contributed by atoms with E-state index in [0.717, 1.165) is 0 Å². The van der Waals surface area contributed by atoms with Gasteiger partial charge < -0.3 is 0 Å². The van der Waals surface area contributed by atoms with Gasteiger partial charge in [0.1, 0.15) is 11.8 Å². The summed E-state index contributed by atoms with van der Waals surface area (Å²) in [7, 11) is 0. The van der Waals surface area contributed by atoms with Crippen LogP contribution in [0.2, 0.25) is 0 Å². The molecule has 0 radical (unpaired) electrons. The molecule has 0 saturated heterocycles. The molecule has 0 bridgehead atoms. The van der Waals surface area contributed by atoms with Crippen molar-refractivity contribution in [3.63, 3.8) is 0 Å². The summed E-state index contributed by atoms with van der Waals surface area (Å²) in [5.41, 5.74) is 4.47. The number of hydrogen-bond donors (Lipinski definition) is 1. The van der Waals surface area contributed by atoms with E-state index < -0.39 is 0 Å². The van der Waals surface area contributed by atoms with E-state index in [2.05, 4.69) is 73.9 Å². The SMILES string of the molecule is c1ccc2c(c1)ccc1c3c(ccc12)CCCC3.c1ncc2n[nH]nc2n1. The molecule has 5 heteroatoms. The van der Waals surface area contributed by atoms with E-state index in [0.29, 0.717) is 11.2 Å². The molecule has 0 unspecified atom stereocenters. The maximum Gasteiger partial charge on any atom is 0.204 e. The Balaban J connectivity index is 0.000000149. The molecule has 0 aliphatic heterocycles. The lowest BCUT2D eigenvalue weighted by atomic mass is 9.86. The normalized spacial score (nSPS) is 13.3. The molecule has 6 rings (SSSR count). The molecule has 1 N–H and O–H groups in total. The van der Waals surface area contributed by atoms with Crippen molar-refractivity contribution in [2.24, 2.45) is 0 Å². The standard InChI is InChI=1S/C18H16.C4H3N5/c1-3-7-15-13(5-1)9-11-18-16-8-4-2-6-14(16)10-12-17(15)18;1-3-4(6-2-5-1)8-9-7-3/h1,3,5,7,9-12H,2,4,6,8H2;1-2H,(H,5,6,7,8,9). The molecule has 0 atom stereocenters. The molecule has 0 amide bonds. The summed E-state index contributed by atoms with van der Waals surface area (Å²) in [5.74, 6) is 0. The highest BCUT2D eigenvalue weighted by molar-refractivity contribution is 6.08. The number of aromatic amines is 1. The first-order valence-corrected chi connectivity index (χ1v) is 9.29. The van der Waals surface area contributed by atoms with Gasteiger partial charge in [-0.15, -0.1) is 5.10 Å². The van der Waals surface area contributed by atoms with Crippen molar-refractivity contribution in [1.29, 1.82) is 0 Å². The molecule has 2 aromatic heterocycles. The number of nitrogens with zero attached hydrogens (tertiary/aromatic N) is 4. The molecule has 5 nitrogen and oxygen atoms in total. The van der Waals surface area contributed by atoms with Crippen LogP contribution in [0.1, 0.15) is 24.0 Å². The molecule has 0 spiro atoms. The number of rotatable bonds is 0. The van der Waals surface area contributed by atoms with Crippen molar-refractivity contribution < 1.29 is 0 Å². The summed E-state index contributed by atoms with van der Waals surface area (Å²) in [6.45, 7) is 0. The first-order valence-electron chi connectivity index (χ1n) is 9.29. The molecule has 1 aliphatic carbocycles. The van der Waals surface area contributed by atoms with Gasteiger partial charge in [-0.25, -0.2) is 9.97 Å². The third kappa shape index (κ3) is 2.91. The quantitative estimate of drug-likeness (QED) is 0.413. The van der Waals surface area contributed by atoms with Crippen LogP contribution in [-0.4, -0.2) is 25.4 Å². The highest BCUT2D eigenvalue weighted by Gasteiger charge is 2.13. The van der Waals surface area contributed by atoms with Crippen LogP contribution in [-0.2, 0) is 12.8 Å². The minimum absolute atomic E-state index is 0.602. The number of nitrogens with one attached hydrogen (secondary N) is 1. The maximum atomic E-state index is 3.83. The van der Waals surface area contributed by atoms with E-state index in [1.807, 2.05) is 0 Å². The van der Waals surface area contributed by atoms with Crippen molar-refractivity contribution >= 4 is 32.7 Å². The lowest BCUT2D eigenvalue weighted by Gasteiger charge is -2.18. The van der Waals surface area contributed by atoms with Crippen LogP contribution < -0.4 is 0 Å². The number of aryl methyl sites for hydroxylation is 2. The molecule has 0 fully saturated rings. The van der Waals surface area contributed by atoms with Gasteiger partial charge in [0, 0.05) is 0 Å². The highest BCUT2D eigenvalue weighted by atomic mass is 15.3. The molecule has 5 aromatic rings. The highest BCUT2D eigenvalue weighted by Crippen LogP contribution is 2.33. The first kappa shape index (κ1) is 15.9. The zero-order valence-corrected chi connectivity index (χ0v) is 14.9. The lowest BCUT2D eigenvalue weighted by molar-refractivity contribution is 0.690. The number of H-pyrrole nitrogens is 1. The third-order valence-electron chi connectivity index (χ3n) is 5.26. The molecule has 2 heterocycles. The lowest BCUT2D eigenvalue weighted by Crippen LogP contribution is -2.02. The molecule has 3 aromatic carbocycles. The van der Waals surface area contributed by atoms with Crippen LogP contribution >= 0.6 is 0 Å². The predicted octanol–water partition coefficient (Wildman–Crippen LogP) is 4.62. The average molecular weight is 353 g/mol. The fraction of sp³-hybridized carbons (Fsp3) is 0.182. The Morgan fingerprint density at radius 1 is 0.778 bits per heavy atom. The van der Waals surface area contributed by atoms with Gasteiger partial charge in [-0.3, -0.25) is 0 Å². The topological polar surface area (TPSA) is 67.3 Å². The van der Waals surface area contributed by atoms with Crippen LogP contribution in [0.15, 0.2) is 61.1 Å². The van der Waals surface area contributed by atoms with Gasteiger partial charge in [0.25, 0.3) is 0 Å². The predicted molar refractivity (Wildman–Crippen MR) is 108 cm³/mol. The minimum Gasteiger partial charge on any atom is -0.242 e. The molecular weight excluding hydrogens is 334 g/mol. The van der Waals surface area contributed by atoms with Crippen molar-refractivity contribution in [2.45, 2.75) is 25.7 Å². The number of hydrogen-bond acceptors (Lipinski definition) is 4. The molecule has 0 saturated carbocycles. The second kappa shape index (κ2) is 6.76. The van der Waals surface area contributed by atoms with Crippen LogP contribution in [0.4, 0.5) is 0 Å². The van der Waals surface area contributed by atoms with Gasteiger partial charge in [0.2, 0.25) is 5.65 Å². The molecule has 27 heavy (non-hydrogen) atoms. The van der Waals surface area contributed by atoms with Crippen molar-refractivity contribution in [1.82, 2.24) is 25.4 Å². The largest absolute Gasteiger partial charge is 0.242 e. The number of benzene rings is 3. The van der Waals surface area contributed by atoms with Crippen molar-refractivity contribution in [3.05, 3.63) is 72.2 Å². The van der Waals surface area contributed by atoms with Gasteiger partial charge in [-0.2, -0.15) is 10.3 Å². The van der Waals surface area contributed by atoms with E-state index in [9.17, 15) is 0 Å². The molecule has 1 aliphatic rings. The minimum atomic E-state index is 0.602. The van der Waals surface area contributed by atoms with Crippen LogP contribution in [0.3, 0.4) is 0 Å². The smallest absolute Gasteiger partial charge is 0.204 e. The van der Waals surface area contributed by atoms with Gasteiger partial charge in [-0.05, 0) is 58.4 Å². The van der Waals surface area contributed by atoms with E-state index in [1.54, 1.807) is 17.3 Å². The van der Waals surface area contributed by atoms with Crippen LogP contribution in [0.5, 0.6) is 0 Å². The Morgan fingerprint density at radius 3 is 2.63 bits per heavy atom. The summed E-state index contributed by atoms with van der Waals surface area (Å²) >= 11 is 0. The van der Waals surface area contributed by atoms with Gasteiger partial charge >= 0.3 is 0 Å². The zero-order chi connectivity index (χ0) is 18.1. The van der Waals surface area contributed by atoms with Gasteiger partial charge in [0.05, 0.1) is 6.20 Å². The summed E-state index contributed by atoms with van der Waals surface area (Å²) in [6, 6.07) is 18.0. The Labute approximate surface area is 156 Å². The summed E-state index contributed by atoms with van der Waals surface area (Å²) in [6.07, 6.45) is 8.25. The second-order valence-electron chi connectivity index (χ2n) is 6.85. The second-order valence-corrected chi connectivity index (χ2v) is 6.85. The van der Waals surface area contributed by atoms with Crippen LogP contribution in [0.25, 0.3) is 32.7 Å². The monoisotopic (exact) mass is 353 g/mol. The first-order chi connectivity index (χ1) is 13.4. The van der Waals surface area contributed by atoms with Gasteiger partial charge in [-0.1, -0.05) is 48.5 Å². The van der Waals surface area contributed by atoms with Crippen LogP contribution in [0, 0.1) is 0 Å². The molecule has 132 valence electrons. The maximum absolute atomic E-state index is 3.83. The summed E-state index contributed by atoms with van der Waals surface area (Å²) in [5, 5.41) is 15.6. The Hall–Kier alpha value is -3.34. The van der Waals surface area contributed by atoms with Crippen molar-refractivity contribution in [2.75, 3.05) is 0 Å². The number of aromatic nitrogens is 5. The fourth-order valence-electron chi connectivity index (χ4n) is 3.95. The molecular formula is C22H19N5. The van der Waals surface area contributed by atoms with E-state index >= 15 is 0 Å². The summed E-state index contributed by atoms with van der Waals surface area (Å²) < 4.78 is 0. The third-order valence-corrected chi connectivity index (χ3v) is 5.26. The average Bonchev–Trinajstić information content (AvgIpc) is 3.23. The van der Waals surface area contributed by atoms with E-state index in [-0.39, 0.29) is 0 Å².